The summed E-state index contributed by atoms with van der Waals surface area (Å²) in [5.41, 5.74) is 1.24. The van der Waals surface area contributed by atoms with E-state index in [-0.39, 0.29) is 0 Å². The Morgan fingerprint density at radius 2 is 2.00 bits per heavy atom. The third kappa shape index (κ3) is 4.65. The summed E-state index contributed by atoms with van der Waals surface area (Å²) in [5.74, 6) is 1.59. The Labute approximate surface area is 98.1 Å². The number of rotatable bonds is 6. The molecule has 1 aliphatic rings. The largest absolute Gasteiger partial charge is 0.354 e. The van der Waals surface area contributed by atoms with Crippen molar-refractivity contribution in [1.29, 1.82) is 0 Å². The summed E-state index contributed by atoms with van der Waals surface area (Å²) in [4.78, 5) is 0. The van der Waals surface area contributed by atoms with Gasteiger partial charge in [-0.2, -0.15) is 0 Å². The number of hydrogen-bond acceptors (Lipinski definition) is 3. The summed E-state index contributed by atoms with van der Waals surface area (Å²) < 4.78 is 22.5. The van der Waals surface area contributed by atoms with Gasteiger partial charge in [-0.05, 0) is 39.5 Å². The van der Waals surface area contributed by atoms with Gasteiger partial charge in [0, 0.05) is 5.82 Å². The molecule has 1 aliphatic carbocycles. The van der Waals surface area contributed by atoms with Gasteiger partial charge in [0.1, 0.15) is 0 Å². The van der Waals surface area contributed by atoms with Crippen molar-refractivity contribution in [3.8, 4) is 0 Å². The first kappa shape index (κ1) is 13.7. The standard InChI is InChI=1S/C12H21O3P/c1-3-14-16(13,15-4-2)11-10-12-8-6-5-7-9-12/h8,10-11H,3-7,9H2,1-2H3/b11-10+. The van der Waals surface area contributed by atoms with Gasteiger partial charge in [0.15, 0.2) is 0 Å². The number of hydrogen-bond donors (Lipinski definition) is 0. The second-order valence-electron chi connectivity index (χ2n) is 3.72. The highest BCUT2D eigenvalue weighted by atomic mass is 31.2. The predicted octanol–water partition coefficient (Wildman–Crippen LogP) is 4.27. The molecule has 0 spiro atoms. The molecule has 0 saturated heterocycles. The van der Waals surface area contributed by atoms with Crippen LogP contribution in [0.3, 0.4) is 0 Å². The van der Waals surface area contributed by atoms with Crippen molar-refractivity contribution in [2.24, 2.45) is 0 Å². The van der Waals surface area contributed by atoms with Crippen LogP contribution < -0.4 is 0 Å². The van der Waals surface area contributed by atoms with Crippen molar-refractivity contribution in [2.75, 3.05) is 13.2 Å². The van der Waals surface area contributed by atoms with E-state index in [1.165, 1.54) is 18.4 Å². The molecule has 0 heterocycles. The van der Waals surface area contributed by atoms with Crippen LogP contribution in [0, 0.1) is 0 Å². The molecule has 0 aliphatic heterocycles. The van der Waals surface area contributed by atoms with Gasteiger partial charge in [0.25, 0.3) is 0 Å². The van der Waals surface area contributed by atoms with Crippen LogP contribution in [0.4, 0.5) is 0 Å². The molecule has 0 amide bonds. The minimum Gasteiger partial charge on any atom is -0.306 e. The fraction of sp³-hybridized carbons (Fsp3) is 0.667. The molecular weight excluding hydrogens is 223 g/mol. The molecule has 4 heteroatoms. The lowest BCUT2D eigenvalue weighted by Gasteiger charge is -2.13. The molecule has 0 unspecified atom stereocenters. The van der Waals surface area contributed by atoms with Crippen LogP contribution in [-0.2, 0) is 13.6 Å². The summed E-state index contributed by atoms with van der Waals surface area (Å²) in [6, 6.07) is 0. The topological polar surface area (TPSA) is 35.5 Å². The third-order valence-corrected chi connectivity index (χ3v) is 4.17. The molecule has 1 rings (SSSR count). The highest BCUT2D eigenvalue weighted by Gasteiger charge is 2.18. The maximum absolute atomic E-state index is 12.1. The van der Waals surface area contributed by atoms with Crippen LogP contribution in [0.2, 0.25) is 0 Å². The van der Waals surface area contributed by atoms with Gasteiger partial charge in [-0.1, -0.05) is 17.7 Å². The Bertz CT molecular complexity index is 297. The summed E-state index contributed by atoms with van der Waals surface area (Å²) in [6.07, 6.45) is 8.74. The second-order valence-corrected chi connectivity index (χ2v) is 5.61. The Morgan fingerprint density at radius 1 is 1.31 bits per heavy atom. The minimum absolute atomic E-state index is 0.403. The van der Waals surface area contributed by atoms with E-state index < -0.39 is 7.60 Å². The average molecular weight is 244 g/mol. The van der Waals surface area contributed by atoms with Crippen molar-refractivity contribution in [3.63, 3.8) is 0 Å². The zero-order valence-corrected chi connectivity index (χ0v) is 11.0. The first-order valence-electron chi connectivity index (χ1n) is 5.97. The fourth-order valence-corrected chi connectivity index (χ4v) is 3.03. The first-order chi connectivity index (χ1) is 7.70. The summed E-state index contributed by atoms with van der Waals surface area (Å²) in [7, 11) is -3.01. The number of allylic oxidation sites excluding steroid dienone is 3. The fourth-order valence-electron chi connectivity index (χ4n) is 1.68. The van der Waals surface area contributed by atoms with Gasteiger partial charge in [-0.25, -0.2) is 0 Å². The van der Waals surface area contributed by atoms with Crippen LogP contribution in [-0.4, -0.2) is 13.2 Å². The van der Waals surface area contributed by atoms with Gasteiger partial charge in [0.2, 0.25) is 0 Å². The van der Waals surface area contributed by atoms with E-state index >= 15 is 0 Å². The van der Waals surface area contributed by atoms with Gasteiger partial charge < -0.3 is 9.05 Å². The zero-order chi connectivity index (χ0) is 11.9. The van der Waals surface area contributed by atoms with Gasteiger partial charge >= 0.3 is 7.60 Å². The average Bonchev–Trinajstić information content (AvgIpc) is 2.29. The molecular formula is C12H21O3P. The quantitative estimate of drug-likeness (QED) is 0.654. The maximum atomic E-state index is 12.1. The smallest absolute Gasteiger partial charge is 0.306 e. The van der Waals surface area contributed by atoms with Crippen molar-refractivity contribution >= 4 is 7.60 Å². The Morgan fingerprint density at radius 3 is 2.50 bits per heavy atom. The molecule has 0 aromatic carbocycles. The van der Waals surface area contributed by atoms with E-state index in [2.05, 4.69) is 6.08 Å². The molecule has 0 radical (unpaired) electrons. The van der Waals surface area contributed by atoms with Gasteiger partial charge in [-0.15, -0.1) is 0 Å². The van der Waals surface area contributed by atoms with E-state index in [1.54, 1.807) is 5.82 Å². The maximum Gasteiger partial charge on any atom is 0.354 e. The van der Waals surface area contributed by atoms with Gasteiger partial charge in [0.05, 0.1) is 13.2 Å². The first-order valence-corrected chi connectivity index (χ1v) is 7.58. The van der Waals surface area contributed by atoms with Crippen molar-refractivity contribution in [1.82, 2.24) is 0 Å². The summed E-state index contributed by atoms with van der Waals surface area (Å²) in [6.45, 7) is 4.44. The van der Waals surface area contributed by atoms with E-state index in [9.17, 15) is 4.57 Å². The molecule has 0 bridgehead atoms. The van der Waals surface area contributed by atoms with Crippen molar-refractivity contribution in [2.45, 2.75) is 39.5 Å². The minimum atomic E-state index is -3.01. The zero-order valence-electron chi connectivity index (χ0n) is 10.1. The van der Waals surface area contributed by atoms with Gasteiger partial charge in [-0.3, -0.25) is 4.57 Å². The lowest BCUT2D eigenvalue weighted by molar-refractivity contribution is 0.229. The third-order valence-electron chi connectivity index (χ3n) is 2.42. The second kappa shape index (κ2) is 7.05. The summed E-state index contributed by atoms with van der Waals surface area (Å²) >= 11 is 0. The molecule has 16 heavy (non-hydrogen) atoms. The van der Waals surface area contributed by atoms with Crippen LogP contribution in [0.15, 0.2) is 23.5 Å². The van der Waals surface area contributed by atoms with E-state index in [1.807, 2.05) is 19.9 Å². The SMILES string of the molecule is CCOP(=O)(/C=C/C1=CCCCC1)OCC. The lowest BCUT2D eigenvalue weighted by atomic mass is 10.0. The normalized spacial score (nSPS) is 17.8. The van der Waals surface area contributed by atoms with Crippen LogP contribution in [0.5, 0.6) is 0 Å². The van der Waals surface area contributed by atoms with Crippen molar-refractivity contribution in [3.05, 3.63) is 23.5 Å². The molecule has 92 valence electrons. The van der Waals surface area contributed by atoms with E-state index in [4.69, 9.17) is 9.05 Å². The van der Waals surface area contributed by atoms with Crippen LogP contribution >= 0.6 is 7.60 Å². The Kier molecular flexibility index (Phi) is 6.04. The Balaban J connectivity index is 2.62. The van der Waals surface area contributed by atoms with Crippen LogP contribution in [0.1, 0.15) is 39.5 Å². The molecule has 0 N–H and O–H groups in total. The molecule has 3 nitrogen and oxygen atoms in total. The Hall–Kier alpha value is -0.370. The van der Waals surface area contributed by atoms with E-state index in [0.717, 1.165) is 12.8 Å². The molecule has 0 saturated carbocycles. The monoisotopic (exact) mass is 244 g/mol. The highest BCUT2D eigenvalue weighted by Crippen LogP contribution is 2.49. The highest BCUT2D eigenvalue weighted by molar-refractivity contribution is 7.57. The summed E-state index contributed by atoms with van der Waals surface area (Å²) in [5, 5.41) is 0. The molecule has 0 atom stereocenters. The molecule has 0 aromatic rings. The molecule has 0 aromatic heterocycles. The lowest BCUT2D eigenvalue weighted by Crippen LogP contribution is -1.93. The predicted molar refractivity (Wildman–Crippen MR) is 66.5 cm³/mol. The van der Waals surface area contributed by atoms with Crippen molar-refractivity contribution < 1.29 is 13.6 Å². The molecule has 0 fully saturated rings. The van der Waals surface area contributed by atoms with E-state index in [0.29, 0.717) is 13.2 Å². The van der Waals surface area contributed by atoms with Crippen LogP contribution in [0.25, 0.3) is 0 Å².